The van der Waals surface area contributed by atoms with Crippen LogP contribution in [0.3, 0.4) is 0 Å². The Hall–Kier alpha value is -3.94. The first-order valence-electron chi connectivity index (χ1n) is 13.3. The van der Waals surface area contributed by atoms with Gasteiger partial charge in [0.1, 0.15) is 17.6 Å². The number of fused-ring (bicyclic) bond motifs is 1. The Morgan fingerprint density at radius 2 is 1.81 bits per heavy atom. The highest BCUT2D eigenvalue weighted by Crippen LogP contribution is 2.38. The van der Waals surface area contributed by atoms with E-state index in [9.17, 15) is 9.65 Å². The summed E-state index contributed by atoms with van der Waals surface area (Å²) in [5, 5.41) is 30.7. The molecule has 0 bridgehead atoms. The average molecular weight is 622 g/mol. The Balaban J connectivity index is 1.43. The number of rotatable bonds is 7. The minimum atomic E-state index is -0.540. The lowest BCUT2D eigenvalue weighted by Gasteiger charge is -2.23. The number of halogens is 4. The van der Waals surface area contributed by atoms with Gasteiger partial charge in [-0.05, 0) is 74.0 Å². The van der Waals surface area contributed by atoms with Crippen LogP contribution >= 0.6 is 34.8 Å². The molecule has 1 atom stereocenters. The molecule has 1 saturated heterocycles. The minimum absolute atomic E-state index is 0.0411. The second-order valence-electron chi connectivity index (χ2n) is 10.00. The molecule has 3 heterocycles. The fourth-order valence-electron chi connectivity index (χ4n) is 5.13. The highest BCUT2D eigenvalue weighted by atomic mass is 35.5. The third-order valence-corrected chi connectivity index (χ3v) is 8.02. The predicted molar refractivity (Wildman–Crippen MR) is 164 cm³/mol. The molecule has 42 heavy (non-hydrogen) atoms. The molecule has 1 aliphatic heterocycles. The monoisotopic (exact) mass is 620 g/mol. The van der Waals surface area contributed by atoms with Gasteiger partial charge in [0.05, 0.1) is 45.8 Å². The number of hydrogen-bond donors (Lipinski definition) is 3. The van der Waals surface area contributed by atoms with E-state index in [0.29, 0.717) is 38.0 Å². The summed E-state index contributed by atoms with van der Waals surface area (Å²) >= 11 is 18.9. The van der Waals surface area contributed by atoms with Gasteiger partial charge < -0.3 is 16.0 Å². The normalized spacial score (nSPS) is 14.5. The quantitative estimate of drug-likeness (QED) is 0.171. The Bertz CT molecular complexity index is 1800. The third-order valence-electron chi connectivity index (χ3n) is 7.26. The Morgan fingerprint density at radius 1 is 1.02 bits per heavy atom. The van der Waals surface area contributed by atoms with Crippen molar-refractivity contribution in [2.24, 2.45) is 0 Å². The van der Waals surface area contributed by atoms with Crippen LogP contribution in [0.15, 0.2) is 67.0 Å². The van der Waals surface area contributed by atoms with Crippen molar-refractivity contribution in [1.82, 2.24) is 25.3 Å². The molecule has 8 nitrogen and oxygen atoms in total. The van der Waals surface area contributed by atoms with Crippen molar-refractivity contribution in [1.29, 1.82) is 5.26 Å². The Labute approximate surface area is 256 Å². The van der Waals surface area contributed by atoms with E-state index in [0.717, 1.165) is 37.2 Å². The molecule has 0 aliphatic carbocycles. The van der Waals surface area contributed by atoms with Crippen LogP contribution in [0.25, 0.3) is 10.9 Å². The molecule has 6 rings (SSSR count). The molecule has 0 spiro atoms. The summed E-state index contributed by atoms with van der Waals surface area (Å²) in [5.74, 6) is -0.540. The number of pyridine rings is 1. The standard InChI is InChI=1S/C30H24Cl3FN8/c31-19-3-1-17(2-4-19)29(27-16-42(41-40-27)22-7-9-36-10-8-22)39-26-12-20(32)11-23-28(18(14-35)15-37-30(23)26)38-21-5-6-25(34)24(33)13-21/h1-6,11-13,15-16,22,29,36,39H,7-10H2,(H,37,38). The highest BCUT2D eigenvalue weighted by molar-refractivity contribution is 6.32. The summed E-state index contributed by atoms with van der Waals surface area (Å²) in [5.41, 5.74) is 4.09. The van der Waals surface area contributed by atoms with Gasteiger partial charge in [-0.25, -0.2) is 9.07 Å². The van der Waals surface area contributed by atoms with Crippen LogP contribution in [0.5, 0.6) is 0 Å². The predicted octanol–water partition coefficient (Wildman–Crippen LogP) is 7.67. The van der Waals surface area contributed by atoms with E-state index >= 15 is 0 Å². The second-order valence-corrected chi connectivity index (χ2v) is 11.3. The summed E-state index contributed by atoms with van der Waals surface area (Å²) in [6, 6.07) is 17.3. The van der Waals surface area contributed by atoms with Crippen LogP contribution in [0.4, 0.5) is 21.5 Å². The summed E-state index contributed by atoms with van der Waals surface area (Å²) < 4.78 is 15.7. The van der Waals surface area contributed by atoms with E-state index in [1.54, 1.807) is 18.2 Å². The van der Waals surface area contributed by atoms with E-state index in [1.165, 1.54) is 18.3 Å². The number of nitrogens with zero attached hydrogens (tertiary/aromatic N) is 5. The van der Waals surface area contributed by atoms with E-state index in [1.807, 2.05) is 35.1 Å². The highest BCUT2D eigenvalue weighted by Gasteiger charge is 2.23. The lowest BCUT2D eigenvalue weighted by atomic mass is 10.0. The molecule has 2 aromatic heterocycles. The van der Waals surface area contributed by atoms with Crippen LogP contribution in [0.2, 0.25) is 15.1 Å². The first kappa shape index (κ1) is 28.2. The van der Waals surface area contributed by atoms with Crippen molar-refractivity contribution in [2.45, 2.75) is 24.9 Å². The number of piperidine rings is 1. The molecule has 1 aliphatic rings. The zero-order chi connectivity index (χ0) is 29.2. The van der Waals surface area contributed by atoms with Gasteiger partial charge >= 0.3 is 0 Å². The number of nitriles is 1. The summed E-state index contributed by atoms with van der Waals surface area (Å²) in [7, 11) is 0. The lowest BCUT2D eigenvalue weighted by molar-refractivity contribution is 0.337. The van der Waals surface area contributed by atoms with Gasteiger partial charge in [0, 0.05) is 27.3 Å². The molecular formula is C30H24Cl3FN8. The van der Waals surface area contributed by atoms with Gasteiger partial charge in [-0.1, -0.05) is 52.1 Å². The van der Waals surface area contributed by atoms with Gasteiger partial charge in [0.15, 0.2) is 0 Å². The van der Waals surface area contributed by atoms with Crippen LogP contribution in [0.1, 0.15) is 41.7 Å². The Morgan fingerprint density at radius 3 is 2.55 bits per heavy atom. The van der Waals surface area contributed by atoms with Crippen molar-refractivity contribution in [2.75, 3.05) is 23.7 Å². The molecule has 12 heteroatoms. The van der Waals surface area contributed by atoms with E-state index in [4.69, 9.17) is 34.8 Å². The summed E-state index contributed by atoms with van der Waals surface area (Å²) in [4.78, 5) is 4.62. The van der Waals surface area contributed by atoms with Gasteiger partial charge in [0.25, 0.3) is 0 Å². The van der Waals surface area contributed by atoms with Crippen LogP contribution in [0, 0.1) is 17.1 Å². The number of benzene rings is 3. The van der Waals surface area contributed by atoms with E-state index in [2.05, 4.69) is 37.3 Å². The van der Waals surface area contributed by atoms with E-state index in [-0.39, 0.29) is 16.6 Å². The van der Waals surface area contributed by atoms with Gasteiger partial charge in [-0.3, -0.25) is 4.98 Å². The molecule has 1 fully saturated rings. The number of aromatic nitrogens is 4. The smallest absolute Gasteiger partial charge is 0.141 e. The Kier molecular flexibility index (Phi) is 8.13. The maximum absolute atomic E-state index is 13.8. The fraction of sp³-hybridized carbons (Fsp3) is 0.200. The summed E-state index contributed by atoms with van der Waals surface area (Å²) in [6.07, 6.45) is 5.41. The van der Waals surface area contributed by atoms with Gasteiger partial charge in [-0.2, -0.15) is 5.26 Å². The molecule has 0 radical (unpaired) electrons. The first-order chi connectivity index (χ1) is 20.4. The molecule has 3 N–H and O–H groups in total. The summed E-state index contributed by atoms with van der Waals surface area (Å²) in [6.45, 7) is 1.87. The van der Waals surface area contributed by atoms with Gasteiger partial charge in [-0.15, -0.1) is 5.10 Å². The molecule has 1 unspecified atom stereocenters. The zero-order valence-electron chi connectivity index (χ0n) is 22.1. The first-order valence-corrected chi connectivity index (χ1v) is 14.4. The van der Waals surface area contributed by atoms with Crippen molar-refractivity contribution in [3.8, 4) is 6.07 Å². The van der Waals surface area contributed by atoms with Crippen molar-refractivity contribution in [3.05, 3.63) is 105 Å². The molecule has 5 aromatic rings. The van der Waals surface area contributed by atoms with Crippen molar-refractivity contribution < 1.29 is 4.39 Å². The van der Waals surface area contributed by atoms with Crippen molar-refractivity contribution in [3.63, 3.8) is 0 Å². The zero-order valence-corrected chi connectivity index (χ0v) is 24.3. The van der Waals surface area contributed by atoms with E-state index < -0.39 is 11.9 Å². The van der Waals surface area contributed by atoms with Crippen LogP contribution in [-0.2, 0) is 0 Å². The second kappa shape index (κ2) is 12.1. The van der Waals surface area contributed by atoms with Gasteiger partial charge in [0.2, 0.25) is 0 Å². The van der Waals surface area contributed by atoms with Crippen LogP contribution in [-0.4, -0.2) is 33.1 Å². The third kappa shape index (κ3) is 5.85. The number of hydrogen-bond acceptors (Lipinski definition) is 7. The van der Waals surface area contributed by atoms with Crippen LogP contribution < -0.4 is 16.0 Å². The molecule has 3 aromatic carbocycles. The fourth-order valence-corrected chi connectivity index (χ4v) is 5.65. The average Bonchev–Trinajstić information content (AvgIpc) is 3.49. The topological polar surface area (TPSA) is 103 Å². The molecule has 0 saturated carbocycles. The lowest BCUT2D eigenvalue weighted by Crippen LogP contribution is -2.29. The largest absolute Gasteiger partial charge is 0.371 e. The maximum atomic E-state index is 13.8. The molecule has 212 valence electrons. The minimum Gasteiger partial charge on any atom is -0.371 e. The molecule has 0 amide bonds. The maximum Gasteiger partial charge on any atom is 0.141 e. The SMILES string of the molecule is N#Cc1cnc2c(NC(c3ccc(Cl)cc3)c3cn(C4CCNCC4)nn3)cc(Cl)cc2c1Nc1ccc(F)c(Cl)c1. The number of nitrogens with one attached hydrogen (secondary N) is 3. The number of anilines is 3. The van der Waals surface area contributed by atoms with Crippen molar-refractivity contribution >= 4 is 62.8 Å². The molecular weight excluding hydrogens is 598 g/mol.